The van der Waals surface area contributed by atoms with Crippen LogP contribution in [0.5, 0.6) is 5.75 Å². The fourth-order valence-corrected chi connectivity index (χ4v) is 4.20. The van der Waals surface area contributed by atoms with Crippen LogP contribution >= 0.6 is 11.6 Å². The number of carbonyl (C=O) groups excluding carboxylic acids is 1. The van der Waals surface area contributed by atoms with Crippen LogP contribution in [0.15, 0.2) is 65.1 Å². The lowest BCUT2D eigenvalue weighted by Gasteiger charge is -2.29. The molecule has 1 fully saturated rings. The highest BCUT2D eigenvalue weighted by molar-refractivity contribution is 6.33. The number of furan rings is 1. The van der Waals surface area contributed by atoms with Crippen molar-refractivity contribution in [2.75, 3.05) is 26.7 Å². The van der Waals surface area contributed by atoms with E-state index in [1.165, 1.54) is 12.8 Å². The van der Waals surface area contributed by atoms with Gasteiger partial charge in [-0.1, -0.05) is 41.9 Å². The predicted octanol–water partition coefficient (Wildman–Crippen LogP) is 5.18. The largest absolute Gasteiger partial charge is 0.496 e. The topological polar surface area (TPSA) is 54.7 Å². The molecule has 1 saturated heterocycles. The van der Waals surface area contributed by atoms with Crippen LogP contribution < -0.4 is 10.1 Å². The third kappa shape index (κ3) is 4.37. The average Bonchev–Trinajstić information content (AvgIpc) is 3.47. The number of rotatable bonds is 7. The second-order valence-electron chi connectivity index (χ2n) is 7.35. The number of hydrogen-bond donors (Lipinski definition) is 1. The number of para-hydroxylation sites is 1. The van der Waals surface area contributed by atoms with E-state index in [0.717, 1.165) is 30.0 Å². The maximum absolute atomic E-state index is 12.8. The highest BCUT2D eigenvalue weighted by Gasteiger charge is 2.26. The number of carbonyl (C=O) groups is 1. The van der Waals surface area contributed by atoms with Crippen molar-refractivity contribution in [1.82, 2.24) is 10.2 Å². The predicted molar refractivity (Wildman–Crippen MR) is 118 cm³/mol. The third-order valence-electron chi connectivity index (χ3n) is 5.50. The summed E-state index contributed by atoms with van der Waals surface area (Å²) >= 11 is 6.24. The molecule has 1 N–H and O–H groups in total. The molecule has 30 heavy (non-hydrogen) atoms. The van der Waals surface area contributed by atoms with Crippen LogP contribution in [0.25, 0.3) is 11.3 Å². The number of nitrogens with one attached hydrogen (secondary N) is 1. The summed E-state index contributed by atoms with van der Waals surface area (Å²) in [6.45, 7) is 2.49. The quantitative estimate of drug-likeness (QED) is 0.568. The van der Waals surface area contributed by atoms with Crippen LogP contribution in [0.4, 0.5) is 0 Å². The van der Waals surface area contributed by atoms with Gasteiger partial charge in [-0.2, -0.15) is 0 Å². The van der Waals surface area contributed by atoms with E-state index in [1.807, 2.05) is 36.4 Å². The van der Waals surface area contributed by atoms with Crippen molar-refractivity contribution in [2.24, 2.45) is 0 Å². The molecule has 0 unspecified atom stereocenters. The van der Waals surface area contributed by atoms with Crippen LogP contribution in [0.3, 0.4) is 0 Å². The molecule has 0 saturated carbocycles. The Kier molecular flexibility index (Phi) is 6.41. The highest BCUT2D eigenvalue weighted by Crippen LogP contribution is 2.32. The molecular weight excluding hydrogens is 400 g/mol. The zero-order valence-corrected chi connectivity index (χ0v) is 17.7. The van der Waals surface area contributed by atoms with Gasteiger partial charge in [-0.05, 0) is 56.3 Å². The molecule has 4 rings (SSSR count). The monoisotopic (exact) mass is 424 g/mol. The second-order valence-corrected chi connectivity index (χ2v) is 7.76. The maximum atomic E-state index is 12.8. The van der Waals surface area contributed by atoms with E-state index in [1.54, 1.807) is 25.3 Å². The Bertz CT molecular complexity index is 1010. The summed E-state index contributed by atoms with van der Waals surface area (Å²) in [6.07, 6.45) is 2.33. The van der Waals surface area contributed by atoms with Gasteiger partial charge in [0.05, 0.1) is 18.2 Å². The van der Waals surface area contributed by atoms with Gasteiger partial charge < -0.3 is 14.5 Å². The van der Waals surface area contributed by atoms with E-state index >= 15 is 0 Å². The van der Waals surface area contributed by atoms with Gasteiger partial charge in [0.15, 0.2) is 5.76 Å². The zero-order chi connectivity index (χ0) is 20.9. The lowest BCUT2D eigenvalue weighted by atomic mass is 10.0. The fraction of sp³-hybridized carbons (Fsp3) is 0.292. The van der Waals surface area contributed by atoms with Gasteiger partial charge in [-0.15, -0.1) is 0 Å². The van der Waals surface area contributed by atoms with Crippen molar-refractivity contribution in [1.29, 1.82) is 0 Å². The minimum atomic E-state index is -0.243. The Morgan fingerprint density at radius 3 is 2.60 bits per heavy atom. The molecule has 2 aromatic carbocycles. The Labute approximate surface area is 181 Å². The molecule has 1 atom stereocenters. The molecule has 1 aromatic heterocycles. The summed E-state index contributed by atoms with van der Waals surface area (Å²) in [5.41, 5.74) is 1.85. The van der Waals surface area contributed by atoms with Crippen molar-refractivity contribution in [3.05, 3.63) is 77.0 Å². The summed E-state index contributed by atoms with van der Waals surface area (Å²) in [7, 11) is 1.68. The van der Waals surface area contributed by atoms with Gasteiger partial charge in [0, 0.05) is 17.7 Å². The minimum Gasteiger partial charge on any atom is -0.496 e. The summed E-state index contributed by atoms with van der Waals surface area (Å²) in [5.74, 6) is 1.44. The van der Waals surface area contributed by atoms with E-state index in [-0.39, 0.29) is 17.7 Å². The number of methoxy groups -OCH3 is 1. The fourth-order valence-electron chi connectivity index (χ4n) is 3.97. The van der Waals surface area contributed by atoms with Gasteiger partial charge in [-0.3, -0.25) is 9.69 Å². The first-order valence-electron chi connectivity index (χ1n) is 10.2. The van der Waals surface area contributed by atoms with Crippen molar-refractivity contribution in [2.45, 2.75) is 18.9 Å². The highest BCUT2D eigenvalue weighted by atomic mass is 35.5. The van der Waals surface area contributed by atoms with E-state index in [4.69, 9.17) is 20.8 Å². The zero-order valence-electron chi connectivity index (χ0n) is 16.9. The van der Waals surface area contributed by atoms with Crippen LogP contribution in [-0.4, -0.2) is 37.6 Å². The van der Waals surface area contributed by atoms with Gasteiger partial charge in [-0.25, -0.2) is 0 Å². The first-order valence-corrected chi connectivity index (χ1v) is 10.5. The Morgan fingerprint density at radius 2 is 1.83 bits per heavy atom. The smallest absolute Gasteiger partial charge is 0.287 e. The maximum Gasteiger partial charge on any atom is 0.287 e. The molecule has 1 aliphatic rings. The molecule has 0 radical (unpaired) electrons. The van der Waals surface area contributed by atoms with E-state index in [0.29, 0.717) is 17.3 Å². The van der Waals surface area contributed by atoms with Crippen molar-refractivity contribution >= 4 is 17.5 Å². The molecule has 5 nitrogen and oxygen atoms in total. The molecule has 0 aliphatic carbocycles. The van der Waals surface area contributed by atoms with E-state index in [9.17, 15) is 4.79 Å². The van der Waals surface area contributed by atoms with Crippen LogP contribution in [0, 0.1) is 0 Å². The molecule has 1 amide bonds. The SMILES string of the molecule is COc1ccccc1[C@H](CNC(=O)c1ccc(-c2ccccc2Cl)o1)N1CCCC1. The van der Waals surface area contributed by atoms with Crippen LogP contribution in [-0.2, 0) is 0 Å². The van der Waals surface area contributed by atoms with Crippen molar-refractivity contribution in [3.63, 3.8) is 0 Å². The summed E-state index contributed by atoms with van der Waals surface area (Å²) in [6, 6.07) is 18.9. The molecule has 2 heterocycles. The van der Waals surface area contributed by atoms with E-state index in [2.05, 4.69) is 16.3 Å². The number of amides is 1. The molecular formula is C24H25ClN2O3. The molecule has 0 spiro atoms. The van der Waals surface area contributed by atoms with E-state index < -0.39 is 0 Å². The molecule has 156 valence electrons. The molecule has 0 bridgehead atoms. The number of ether oxygens (including phenoxy) is 1. The lowest BCUT2D eigenvalue weighted by Crippen LogP contribution is -2.36. The number of halogens is 1. The lowest BCUT2D eigenvalue weighted by molar-refractivity contribution is 0.0910. The average molecular weight is 425 g/mol. The number of likely N-dealkylation sites (tertiary alicyclic amines) is 1. The van der Waals surface area contributed by atoms with Gasteiger partial charge in [0.2, 0.25) is 0 Å². The minimum absolute atomic E-state index is 0.0469. The summed E-state index contributed by atoms with van der Waals surface area (Å²) in [5, 5.41) is 3.63. The molecule has 1 aliphatic heterocycles. The van der Waals surface area contributed by atoms with Crippen LogP contribution in [0.1, 0.15) is 35.0 Å². The Hall–Kier alpha value is -2.76. The first kappa shape index (κ1) is 20.5. The number of benzene rings is 2. The molecule has 6 heteroatoms. The van der Waals surface area contributed by atoms with Gasteiger partial charge in [0.1, 0.15) is 11.5 Å². The normalized spacial score (nSPS) is 15.1. The Morgan fingerprint density at radius 1 is 1.10 bits per heavy atom. The summed E-state index contributed by atoms with van der Waals surface area (Å²) in [4.78, 5) is 15.2. The standard InChI is InChI=1S/C24H25ClN2O3/c1-29-21-11-5-3-9-18(21)20(27-14-6-7-15-27)16-26-24(28)23-13-12-22(30-23)17-8-2-4-10-19(17)25/h2-5,8-13,20H,6-7,14-16H2,1H3,(H,26,28)/t20-/m0/s1. The van der Waals surface area contributed by atoms with Gasteiger partial charge in [0.25, 0.3) is 5.91 Å². The van der Waals surface area contributed by atoms with Crippen molar-refractivity contribution in [3.8, 4) is 17.1 Å². The summed E-state index contributed by atoms with van der Waals surface area (Å²) < 4.78 is 11.4. The van der Waals surface area contributed by atoms with Crippen molar-refractivity contribution < 1.29 is 13.9 Å². The molecule has 3 aromatic rings. The van der Waals surface area contributed by atoms with Gasteiger partial charge >= 0.3 is 0 Å². The number of hydrogen-bond acceptors (Lipinski definition) is 4. The number of nitrogens with zero attached hydrogens (tertiary/aromatic N) is 1. The second kappa shape index (κ2) is 9.37. The third-order valence-corrected chi connectivity index (χ3v) is 5.83. The van der Waals surface area contributed by atoms with Crippen LogP contribution in [0.2, 0.25) is 5.02 Å². The Balaban J connectivity index is 1.50. The first-order chi connectivity index (χ1) is 14.7.